The number of ketones is 1. The molecule has 6 heteroatoms. The van der Waals surface area contributed by atoms with E-state index in [1.165, 1.54) is 17.7 Å². The van der Waals surface area contributed by atoms with E-state index in [2.05, 4.69) is 10.3 Å². The van der Waals surface area contributed by atoms with Crippen LogP contribution in [0.25, 0.3) is 10.9 Å². The normalized spacial score (nSPS) is 13.5. The first-order chi connectivity index (χ1) is 13.5. The third-order valence-corrected chi connectivity index (χ3v) is 5.07. The number of nitrogens with one attached hydrogen (secondary N) is 1. The van der Waals surface area contributed by atoms with Gasteiger partial charge in [0, 0.05) is 36.8 Å². The van der Waals surface area contributed by atoms with E-state index in [0.717, 1.165) is 29.3 Å². The van der Waals surface area contributed by atoms with Crippen molar-refractivity contribution in [1.29, 1.82) is 0 Å². The van der Waals surface area contributed by atoms with Crippen molar-refractivity contribution >= 4 is 22.6 Å². The molecule has 0 saturated heterocycles. The number of benzene rings is 1. The summed E-state index contributed by atoms with van der Waals surface area (Å²) in [6.45, 7) is 0.264. The van der Waals surface area contributed by atoms with Gasteiger partial charge in [0.25, 0.3) is 11.5 Å². The first kappa shape index (κ1) is 18.1. The van der Waals surface area contributed by atoms with Crippen LogP contribution in [0.15, 0.2) is 53.6 Å². The summed E-state index contributed by atoms with van der Waals surface area (Å²) in [5.41, 5.74) is 1.69. The number of pyridine rings is 2. The van der Waals surface area contributed by atoms with E-state index in [1.807, 2.05) is 30.3 Å². The molecule has 0 bridgehead atoms. The Morgan fingerprint density at radius 1 is 1.21 bits per heavy atom. The van der Waals surface area contributed by atoms with Crippen molar-refractivity contribution in [3.8, 4) is 0 Å². The Kier molecular flexibility index (Phi) is 4.77. The number of amides is 1. The predicted octanol–water partition coefficient (Wildman–Crippen LogP) is 2.79. The van der Waals surface area contributed by atoms with E-state index in [1.54, 1.807) is 12.4 Å². The topological polar surface area (TPSA) is 81.1 Å². The van der Waals surface area contributed by atoms with Crippen LogP contribution in [0.1, 0.15) is 45.5 Å². The first-order valence-electron chi connectivity index (χ1n) is 9.38. The lowest BCUT2D eigenvalue weighted by molar-refractivity contribution is 0.0961. The Balaban J connectivity index is 1.73. The Morgan fingerprint density at radius 3 is 2.79 bits per heavy atom. The molecule has 1 amide bonds. The Hall–Kier alpha value is -3.28. The van der Waals surface area contributed by atoms with Gasteiger partial charge >= 0.3 is 0 Å². The van der Waals surface area contributed by atoms with Crippen LogP contribution in [0.2, 0.25) is 0 Å². The maximum atomic E-state index is 12.8. The van der Waals surface area contributed by atoms with Crippen LogP contribution >= 0.6 is 0 Å². The highest BCUT2D eigenvalue weighted by Gasteiger charge is 2.26. The quantitative estimate of drug-likeness (QED) is 0.672. The van der Waals surface area contributed by atoms with E-state index in [0.29, 0.717) is 17.9 Å². The molecule has 0 radical (unpaired) electrons. The lowest BCUT2D eigenvalue weighted by Crippen LogP contribution is -2.32. The minimum Gasteiger partial charge on any atom is -0.355 e. The van der Waals surface area contributed by atoms with Gasteiger partial charge in [-0.15, -0.1) is 0 Å². The van der Waals surface area contributed by atoms with Crippen molar-refractivity contribution in [3.63, 3.8) is 0 Å². The smallest absolute Gasteiger partial charge is 0.263 e. The molecule has 1 fully saturated rings. The lowest BCUT2D eigenvalue weighted by atomic mass is 10.0. The zero-order valence-corrected chi connectivity index (χ0v) is 15.6. The highest BCUT2D eigenvalue weighted by Crippen LogP contribution is 2.33. The average molecular weight is 375 g/mol. The number of fused-ring (bicyclic) bond motifs is 1. The average Bonchev–Trinajstić information content (AvgIpc) is 3.52. The minimum absolute atomic E-state index is 0.0111. The van der Waals surface area contributed by atoms with Gasteiger partial charge in [0.1, 0.15) is 5.56 Å². The van der Waals surface area contributed by atoms with Crippen LogP contribution in [0.3, 0.4) is 0 Å². The molecule has 1 N–H and O–H groups in total. The summed E-state index contributed by atoms with van der Waals surface area (Å²) in [6.07, 6.45) is 5.89. The Labute approximate surface area is 162 Å². The standard InChI is InChI=1S/C22H21N3O3/c1-23-21(27)18-11-17(20(26)10-14-4-5-14)13-25(22(18)28)12-15-6-7-16-3-2-8-24-19(16)9-15/h2-3,6-9,11,13-14H,4-5,10,12H2,1H3,(H,23,27). The monoisotopic (exact) mass is 375 g/mol. The molecule has 142 valence electrons. The van der Waals surface area contributed by atoms with Crippen LogP contribution in [-0.4, -0.2) is 28.3 Å². The highest BCUT2D eigenvalue weighted by molar-refractivity contribution is 6.00. The Bertz CT molecular complexity index is 1130. The third-order valence-electron chi connectivity index (χ3n) is 5.07. The molecular weight excluding hydrogens is 354 g/mol. The number of nitrogens with zero attached hydrogens (tertiary/aromatic N) is 2. The number of aromatic nitrogens is 2. The maximum Gasteiger partial charge on any atom is 0.263 e. The molecule has 3 aromatic rings. The number of hydrogen-bond acceptors (Lipinski definition) is 4. The molecule has 0 spiro atoms. The predicted molar refractivity (Wildman–Crippen MR) is 107 cm³/mol. The molecular formula is C22H21N3O3. The van der Waals surface area contributed by atoms with Crippen LogP contribution in [0.5, 0.6) is 0 Å². The largest absolute Gasteiger partial charge is 0.355 e. The second kappa shape index (κ2) is 7.38. The van der Waals surface area contributed by atoms with Gasteiger partial charge in [0.05, 0.1) is 12.1 Å². The lowest BCUT2D eigenvalue weighted by Gasteiger charge is -2.12. The van der Waals surface area contributed by atoms with Crippen LogP contribution < -0.4 is 10.9 Å². The van der Waals surface area contributed by atoms with Crippen molar-refractivity contribution < 1.29 is 9.59 Å². The van der Waals surface area contributed by atoms with Gasteiger partial charge in [-0.1, -0.05) is 18.2 Å². The minimum atomic E-state index is -0.486. The van der Waals surface area contributed by atoms with Crippen LogP contribution in [0.4, 0.5) is 0 Å². The fourth-order valence-electron chi connectivity index (χ4n) is 3.31. The molecule has 1 saturated carbocycles. The van der Waals surface area contributed by atoms with Crippen molar-refractivity contribution in [2.45, 2.75) is 25.8 Å². The molecule has 6 nitrogen and oxygen atoms in total. The van der Waals surface area contributed by atoms with Gasteiger partial charge < -0.3 is 9.88 Å². The van der Waals surface area contributed by atoms with E-state index >= 15 is 0 Å². The zero-order valence-electron chi connectivity index (χ0n) is 15.6. The molecule has 2 heterocycles. The molecule has 1 aliphatic rings. The zero-order chi connectivity index (χ0) is 19.7. The second-order valence-corrected chi connectivity index (χ2v) is 7.26. The molecule has 4 rings (SSSR count). The Morgan fingerprint density at radius 2 is 2.04 bits per heavy atom. The summed E-state index contributed by atoms with van der Waals surface area (Å²) < 4.78 is 1.44. The maximum absolute atomic E-state index is 12.8. The van der Waals surface area contributed by atoms with E-state index in [-0.39, 0.29) is 17.9 Å². The first-order valence-corrected chi connectivity index (χ1v) is 9.38. The molecule has 0 atom stereocenters. The molecule has 0 unspecified atom stereocenters. The van der Waals surface area contributed by atoms with E-state index in [4.69, 9.17) is 0 Å². The summed E-state index contributed by atoms with van der Waals surface area (Å²) in [5.74, 6) is -0.0792. The molecule has 1 aromatic carbocycles. The number of Topliss-reactive ketones (excluding diaryl/α,β-unsaturated/α-hetero) is 1. The summed E-state index contributed by atoms with van der Waals surface area (Å²) >= 11 is 0. The van der Waals surface area contributed by atoms with Gasteiger partial charge in [-0.05, 0) is 42.5 Å². The van der Waals surface area contributed by atoms with Gasteiger partial charge in [-0.3, -0.25) is 19.4 Å². The number of rotatable bonds is 6. The summed E-state index contributed by atoms with van der Waals surface area (Å²) in [5, 5.41) is 3.50. The van der Waals surface area contributed by atoms with Crippen molar-refractivity contribution in [2.24, 2.45) is 5.92 Å². The fraction of sp³-hybridized carbons (Fsp3) is 0.273. The number of carbonyl (C=O) groups excluding carboxylic acids is 2. The third kappa shape index (κ3) is 3.71. The van der Waals surface area contributed by atoms with Gasteiger partial charge in [-0.25, -0.2) is 0 Å². The van der Waals surface area contributed by atoms with Crippen LogP contribution in [0, 0.1) is 5.92 Å². The summed E-state index contributed by atoms with van der Waals surface area (Å²) in [4.78, 5) is 41.9. The molecule has 1 aliphatic carbocycles. The second-order valence-electron chi connectivity index (χ2n) is 7.26. The molecule has 0 aliphatic heterocycles. The van der Waals surface area contributed by atoms with Crippen LogP contribution in [-0.2, 0) is 6.54 Å². The number of hydrogen-bond donors (Lipinski definition) is 1. The van der Waals surface area contributed by atoms with Gasteiger partial charge in [0.2, 0.25) is 0 Å². The highest BCUT2D eigenvalue weighted by atomic mass is 16.2. The summed E-state index contributed by atoms with van der Waals surface area (Å²) in [7, 11) is 1.47. The van der Waals surface area contributed by atoms with E-state index < -0.39 is 11.5 Å². The van der Waals surface area contributed by atoms with Gasteiger partial charge in [-0.2, -0.15) is 0 Å². The fourth-order valence-corrected chi connectivity index (χ4v) is 3.31. The van der Waals surface area contributed by atoms with Gasteiger partial charge in [0.15, 0.2) is 5.78 Å². The van der Waals surface area contributed by atoms with Crippen molar-refractivity contribution in [2.75, 3.05) is 7.05 Å². The van der Waals surface area contributed by atoms with Crippen molar-refractivity contribution in [1.82, 2.24) is 14.9 Å². The summed E-state index contributed by atoms with van der Waals surface area (Å²) in [6, 6.07) is 11.1. The SMILES string of the molecule is CNC(=O)c1cc(C(=O)CC2CC2)cn(Cc2ccc3cccnc3c2)c1=O. The molecule has 28 heavy (non-hydrogen) atoms. The number of carbonyl (C=O) groups is 2. The van der Waals surface area contributed by atoms with E-state index in [9.17, 15) is 14.4 Å². The van der Waals surface area contributed by atoms with Crippen molar-refractivity contribution in [3.05, 3.63) is 75.8 Å². The molecule has 2 aromatic heterocycles.